The van der Waals surface area contributed by atoms with Crippen LogP contribution in [0.1, 0.15) is 46.4 Å². The van der Waals surface area contributed by atoms with E-state index in [0.29, 0.717) is 5.56 Å². The number of carbonyl (C=O) groups is 1. The highest BCUT2D eigenvalue weighted by molar-refractivity contribution is 6.07. The highest BCUT2D eigenvalue weighted by Gasteiger charge is 2.18. The summed E-state index contributed by atoms with van der Waals surface area (Å²) in [5.74, 6) is -0.0741. The smallest absolute Gasteiger partial charge is 0.252 e. The molecule has 3 nitrogen and oxygen atoms in total. The summed E-state index contributed by atoms with van der Waals surface area (Å²) in [5, 5.41) is 4.10. The number of fused-ring (bicyclic) bond motifs is 1. The standard InChI is InChI=1S/C27H26N2O/c1-4-24(20-14-12-18(2)13-15-20)29-27(30)23-17-26(21-9-7-8-19(3)16-21)28-25-11-6-5-10-22(23)25/h5-17,24H,4H2,1-3H3,(H,29,30)/t24-/m0/s1. The van der Waals surface area contributed by atoms with Crippen molar-refractivity contribution in [1.82, 2.24) is 10.3 Å². The Morgan fingerprint density at radius 2 is 1.67 bits per heavy atom. The van der Waals surface area contributed by atoms with E-state index in [0.717, 1.165) is 34.1 Å². The molecule has 30 heavy (non-hydrogen) atoms. The summed E-state index contributed by atoms with van der Waals surface area (Å²) in [5.41, 5.74) is 6.80. The van der Waals surface area contributed by atoms with E-state index in [1.165, 1.54) is 11.1 Å². The first-order valence-electron chi connectivity index (χ1n) is 10.4. The molecule has 0 bridgehead atoms. The molecule has 1 N–H and O–H groups in total. The van der Waals surface area contributed by atoms with E-state index in [4.69, 9.17) is 4.98 Å². The fraction of sp³-hybridized carbons (Fsp3) is 0.185. The van der Waals surface area contributed by atoms with Gasteiger partial charge < -0.3 is 5.32 Å². The maximum atomic E-state index is 13.4. The molecule has 3 heteroatoms. The van der Waals surface area contributed by atoms with Crippen molar-refractivity contribution in [3.8, 4) is 11.3 Å². The zero-order valence-electron chi connectivity index (χ0n) is 17.6. The van der Waals surface area contributed by atoms with Crippen molar-refractivity contribution < 1.29 is 4.79 Å². The number of pyridine rings is 1. The molecule has 1 heterocycles. The molecule has 0 spiro atoms. The highest BCUT2D eigenvalue weighted by atomic mass is 16.1. The Labute approximate surface area is 177 Å². The molecule has 0 saturated carbocycles. The van der Waals surface area contributed by atoms with Gasteiger partial charge in [-0.25, -0.2) is 4.98 Å². The Morgan fingerprint density at radius 3 is 2.40 bits per heavy atom. The minimum atomic E-state index is -0.0741. The molecule has 3 aromatic carbocycles. The van der Waals surface area contributed by atoms with Crippen molar-refractivity contribution in [3.63, 3.8) is 0 Å². The fourth-order valence-electron chi connectivity index (χ4n) is 3.77. The molecular formula is C27H26N2O. The largest absolute Gasteiger partial charge is 0.345 e. The van der Waals surface area contributed by atoms with Gasteiger partial charge in [0, 0.05) is 10.9 Å². The van der Waals surface area contributed by atoms with Crippen LogP contribution in [0, 0.1) is 13.8 Å². The topological polar surface area (TPSA) is 42.0 Å². The minimum Gasteiger partial charge on any atom is -0.345 e. The number of rotatable bonds is 5. The summed E-state index contributed by atoms with van der Waals surface area (Å²) in [6.07, 6.45) is 0.822. The Bertz CT molecular complexity index is 1200. The number of aryl methyl sites for hydroxylation is 2. The molecule has 0 saturated heterocycles. The number of carbonyl (C=O) groups excluding carboxylic acids is 1. The number of nitrogens with one attached hydrogen (secondary N) is 1. The first-order valence-corrected chi connectivity index (χ1v) is 10.4. The van der Waals surface area contributed by atoms with E-state index >= 15 is 0 Å². The molecule has 0 fully saturated rings. The second-order valence-corrected chi connectivity index (χ2v) is 7.79. The average Bonchev–Trinajstić information content (AvgIpc) is 2.77. The normalized spacial score (nSPS) is 12.0. The Hall–Kier alpha value is -3.46. The van der Waals surface area contributed by atoms with Gasteiger partial charge in [0.2, 0.25) is 0 Å². The van der Waals surface area contributed by atoms with E-state index < -0.39 is 0 Å². The SMILES string of the molecule is CC[C@H](NC(=O)c1cc(-c2cccc(C)c2)nc2ccccc12)c1ccc(C)cc1. The lowest BCUT2D eigenvalue weighted by atomic mass is 10.00. The van der Waals surface area contributed by atoms with Crippen LogP contribution in [-0.4, -0.2) is 10.9 Å². The predicted molar refractivity (Wildman–Crippen MR) is 124 cm³/mol. The lowest BCUT2D eigenvalue weighted by Gasteiger charge is -2.19. The van der Waals surface area contributed by atoms with Gasteiger partial charge in [-0.05, 0) is 44.0 Å². The molecule has 4 rings (SSSR count). The Balaban J connectivity index is 1.74. The molecule has 0 aliphatic heterocycles. The molecule has 0 unspecified atom stereocenters. The van der Waals surface area contributed by atoms with Gasteiger partial charge in [-0.3, -0.25) is 4.79 Å². The van der Waals surface area contributed by atoms with Crippen LogP contribution in [0.15, 0.2) is 78.9 Å². The van der Waals surface area contributed by atoms with Crippen molar-refractivity contribution in [2.45, 2.75) is 33.2 Å². The molecule has 150 valence electrons. The van der Waals surface area contributed by atoms with E-state index in [1.54, 1.807) is 0 Å². The third-order valence-electron chi connectivity index (χ3n) is 5.47. The fourth-order valence-corrected chi connectivity index (χ4v) is 3.77. The van der Waals surface area contributed by atoms with Gasteiger partial charge in [-0.2, -0.15) is 0 Å². The Morgan fingerprint density at radius 1 is 0.900 bits per heavy atom. The Kier molecular flexibility index (Phi) is 5.62. The van der Waals surface area contributed by atoms with E-state index in [9.17, 15) is 4.79 Å². The summed E-state index contributed by atoms with van der Waals surface area (Å²) in [6.45, 7) is 6.22. The van der Waals surface area contributed by atoms with Crippen molar-refractivity contribution in [3.05, 3.63) is 101 Å². The molecule has 0 radical (unpaired) electrons. The van der Waals surface area contributed by atoms with Gasteiger partial charge in [0.15, 0.2) is 0 Å². The zero-order valence-corrected chi connectivity index (χ0v) is 17.6. The van der Waals surface area contributed by atoms with Gasteiger partial charge in [-0.1, -0.05) is 78.7 Å². The molecule has 0 aliphatic carbocycles. The molecule has 1 atom stereocenters. The van der Waals surface area contributed by atoms with Crippen LogP contribution in [0.3, 0.4) is 0 Å². The van der Waals surface area contributed by atoms with Gasteiger partial charge in [0.1, 0.15) is 0 Å². The summed E-state index contributed by atoms with van der Waals surface area (Å²) in [7, 11) is 0. The van der Waals surface area contributed by atoms with Crippen LogP contribution >= 0.6 is 0 Å². The van der Waals surface area contributed by atoms with Crippen molar-refractivity contribution >= 4 is 16.8 Å². The number of nitrogens with zero attached hydrogens (tertiary/aromatic N) is 1. The van der Waals surface area contributed by atoms with Gasteiger partial charge in [0.25, 0.3) is 5.91 Å². The lowest BCUT2D eigenvalue weighted by molar-refractivity contribution is 0.0937. The number of hydrogen-bond acceptors (Lipinski definition) is 2. The van der Waals surface area contributed by atoms with Crippen LogP contribution in [0.4, 0.5) is 0 Å². The summed E-state index contributed by atoms with van der Waals surface area (Å²) >= 11 is 0. The van der Waals surface area contributed by atoms with Crippen LogP contribution in [0.5, 0.6) is 0 Å². The number of aromatic nitrogens is 1. The van der Waals surface area contributed by atoms with Crippen LogP contribution in [0.25, 0.3) is 22.2 Å². The van der Waals surface area contributed by atoms with Crippen LogP contribution in [0.2, 0.25) is 0 Å². The zero-order chi connectivity index (χ0) is 21.1. The number of benzene rings is 3. The maximum Gasteiger partial charge on any atom is 0.252 e. The average molecular weight is 395 g/mol. The summed E-state index contributed by atoms with van der Waals surface area (Å²) in [4.78, 5) is 18.2. The maximum absolute atomic E-state index is 13.4. The first-order chi connectivity index (χ1) is 14.5. The number of amides is 1. The number of para-hydroxylation sites is 1. The van der Waals surface area contributed by atoms with E-state index in [-0.39, 0.29) is 11.9 Å². The second-order valence-electron chi connectivity index (χ2n) is 7.79. The lowest BCUT2D eigenvalue weighted by Crippen LogP contribution is -2.28. The molecular weight excluding hydrogens is 368 g/mol. The summed E-state index contributed by atoms with van der Waals surface area (Å²) in [6, 6.07) is 26.3. The van der Waals surface area contributed by atoms with E-state index in [2.05, 4.69) is 62.5 Å². The van der Waals surface area contributed by atoms with Crippen molar-refractivity contribution in [2.24, 2.45) is 0 Å². The quantitative estimate of drug-likeness (QED) is 0.425. The number of hydrogen-bond donors (Lipinski definition) is 1. The van der Waals surface area contributed by atoms with E-state index in [1.807, 2.05) is 42.5 Å². The molecule has 4 aromatic rings. The first kappa shape index (κ1) is 19.8. The van der Waals surface area contributed by atoms with Gasteiger partial charge >= 0.3 is 0 Å². The second kappa shape index (κ2) is 8.50. The highest BCUT2D eigenvalue weighted by Crippen LogP contribution is 2.26. The monoisotopic (exact) mass is 394 g/mol. The van der Waals surface area contributed by atoms with Gasteiger partial charge in [0.05, 0.1) is 22.8 Å². The van der Waals surface area contributed by atoms with Gasteiger partial charge in [-0.15, -0.1) is 0 Å². The van der Waals surface area contributed by atoms with Crippen LogP contribution < -0.4 is 5.32 Å². The third-order valence-corrected chi connectivity index (χ3v) is 5.47. The van der Waals surface area contributed by atoms with Crippen LogP contribution in [-0.2, 0) is 0 Å². The van der Waals surface area contributed by atoms with Crippen molar-refractivity contribution in [1.29, 1.82) is 0 Å². The summed E-state index contributed by atoms with van der Waals surface area (Å²) < 4.78 is 0. The predicted octanol–water partition coefficient (Wildman–Crippen LogP) is 6.40. The molecule has 0 aliphatic rings. The minimum absolute atomic E-state index is 0.0348. The molecule has 1 aromatic heterocycles. The third kappa shape index (κ3) is 4.11. The van der Waals surface area contributed by atoms with Crippen molar-refractivity contribution in [2.75, 3.05) is 0 Å². The molecule has 1 amide bonds.